The van der Waals surface area contributed by atoms with Gasteiger partial charge in [0.1, 0.15) is 11.8 Å². The van der Waals surface area contributed by atoms with Crippen molar-refractivity contribution >= 4 is 11.8 Å². The molecule has 5 heteroatoms. The summed E-state index contributed by atoms with van der Waals surface area (Å²) in [5.41, 5.74) is 4.20. The molecular formula is C22H28N2O3. The highest BCUT2D eigenvalue weighted by Gasteiger charge is 2.26. The van der Waals surface area contributed by atoms with Crippen LogP contribution in [0.1, 0.15) is 29.2 Å². The lowest BCUT2D eigenvalue weighted by atomic mass is 10.1. The number of nitrogens with one attached hydrogen (secondary N) is 1. The van der Waals surface area contributed by atoms with Gasteiger partial charge in [0.05, 0.1) is 0 Å². The molecule has 0 unspecified atom stereocenters. The van der Waals surface area contributed by atoms with Crippen molar-refractivity contribution in [2.45, 2.75) is 40.3 Å². The summed E-state index contributed by atoms with van der Waals surface area (Å²) in [7, 11) is 1.57. The summed E-state index contributed by atoms with van der Waals surface area (Å²) >= 11 is 0. The van der Waals surface area contributed by atoms with Gasteiger partial charge in [0.15, 0.2) is 6.61 Å². The third-order valence-electron chi connectivity index (χ3n) is 4.70. The topological polar surface area (TPSA) is 58.6 Å². The third-order valence-corrected chi connectivity index (χ3v) is 4.70. The molecule has 1 N–H and O–H groups in total. The van der Waals surface area contributed by atoms with Crippen LogP contribution in [-0.4, -0.2) is 36.4 Å². The highest BCUT2D eigenvalue weighted by molar-refractivity contribution is 5.87. The Kier molecular flexibility index (Phi) is 6.99. The molecule has 0 bridgehead atoms. The predicted molar refractivity (Wildman–Crippen MR) is 107 cm³/mol. The van der Waals surface area contributed by atoms with Crippen molar-refractivity contribution in [3.63, 3.8) is 0 Å². The second kappa shape index (κ2) is 9.21. The van der Waals surface area contributed by atoms with E-state index in [2.05, 4.69) is 5.32 Å². The maximum absolute atomic E-state index is 12.9. The predicted octanol–water partition coefficient (Wildman–Crippen LogP) is 3.15. The van der Waals surface area contributed by atoms with Gasteiger partial charge in [0.2, 0.25) is 5.91 Å². The van der Waals surface area contributed by atoms with E-state index in [0.29, 0.717) is 12.3 Å². The van der Waals surface area contributed by atoms with Crippen LogP contribution in [0.25, 0.3) is 0 Å². The summed E-state index contributed by atoms with van der Waals surface area (Å²) in [6.45, 7) is 7.93. The molecule has 1 atom stereocenters. The molecule has 2 aromatic rings. The SMILES string of the molecule is CNC(=O)[C@H](C)N(Cc1ccccc1C)C(=O)COc1ccc(C)cc1C. The van der Waals surface area contributed by atoms with E-state index >= 15 is 0 Å². The van der Waals surface area contributed by atoms with Crippen LogP contribution < -0.4 is 10.1 Å². The van der Waals surface area contributed by atoms with Crippen LogP contribution in [-0.2, 0) is 16.1 Å². The van der Waals surface area contributed by atoms with Crippen LogP contribution >= 0.6 is 0 Å². The second-order valence-corrected chi connectivity index (χ2v) is 6.80. The van der Waals surface area contributed by atoms with Gasteiger partial charge in [-0.25, -0.2) is 0 Å². The number of benzene rings is 2. The van der Waals surface area contributed by atoms with Crippen LogP contribution in [0.2, 0.25) is 0 Å². The Labute approximate surface area is 161 Å². The Morgan fingerprint density at radius 3 is 2.41 bits per heavy atom. The van der Waals surface area contributed by atoms with Gasteiger partial charge in [-0.15, -0.1) is 0 Å². The van der Waals surface area contributed by atoms with Crippen molar-refractivity contribution in [2.75, 3.05) is 13.7 Å². The molecule has 0 saturated carbocycles. The van der Waals surface area contributed by atoms with E-state index in [4.69, 9.17) is 4.74 Å². The van der Waals surface area contributed by atoms with E-state index < -0.39 is 6.04 Å². The van der Waals surface area contributed by atoms with Crippen LogP contribution in [0.5, 0.6) is 5.75 Å². The zero-order chi connectivity index (χ0) is 20.0. The molecule has 0 heterocycles. The van der Waals surface area contributed by atoms with Crippen molar-refractivity contribution in [3.8, 4) is 5.75 Å². The van der Waals surface area contributed by atoms with Gasteiger partial charge in [-0.05, 0) is 50.5 Å². The maximum atomic E-state index is 12.9. The van der Waals surface area contributed by atoms with E-state index in [1.165, 1.54) is 0 Å². The average molecular weight is 368 g/mol. The number of nitrogens with zero attached hydrogens (tertiary/aromatic N) is 1. The van der Waals surface area contributed by atoms with E-state index in [0.717, 1.165) is 22.3 Å². The van der Waals surface area contributed by atoms with Crippen molar-refractivity contribution in [2.24, 2.45) is 0 Å². The van der Waals surface area contributed by atoms with Crippen LogP contribution in [0.15, 0.2) is 42.5 Å². The van der Waals surface area contributed by atoms with E-state index in [-0.39, 0.29) is 18.4 Å². The highest BCUT2D eigenvalue weighted by atomic mass is 16.5. The molecule has 0 aromatic heterocycles. The first-order valence-electron chi connectivity index (χ1n) is 9.09. The summed E-state index contributed by atoms with van der Waals surface area (Å²) in [6, 6.07) is 13.1. The molecule has 0 aliphatic carbocycles. The molecular weight excluding hydrogens is 340 g/mol. The number of carbonyl (C=O) groups excluding carboxylic acids is 2. The van der Waals surface area contributed by atoms with Gasteiger partial charge in [-0.3, -0.25) is 9.59 Å². The summed E-state index contributed by atoms with van der Waals surface area (Å²) in [5.74, 6) is 0.246. The average Bonchev–Trinajstić information content (AvgIpc) is 2.65. The molecule has 144 valence electrons. The molecule has 2 rings (SSSR count). The van der Waals surface area contributed by atoms with Gasteiger partial charge in [-0.1, -0.05) is 42.0 Å². The Bertz CT molecular complexity index is 817. The number of rotatable bonds is 7. The largest absolute Gasteiger partial charge is 0.483 e. The van der Waals surface area contributed by atoms with Gasteiger partial charge < -0.3 is 15.0 Å². The number of amides is 2. The molecule has 0 saturated heterocycles. The van der Waals surface area contributed by atoms with Crippen LogP contribution in [0.4, 0.5) is 0 Å². The monoisotopic (exact) mass is 368 g/mol. The third kappa shape index (κ3) is 5.33. The molecule has 2 amide bonds. The standard InChI is InChI=1S/C22H28N2O3/c1-15-10-11-20(17(3)12-15)27-14-21(25)24(18(4)22(26)23-5)13-19-9-7-6-8-16(19)2/h6-12,18H,13-14H2,1-5H3,(H,23,26)/t18-/m0/s1. The van der Waals surface area contributed by atoms with Gasteiger partial charge >= 0.3 is 0 Å². The second-order valence-electron chi connectivity index (χ2n) is 6.80. The number of aryl methyl sites for hydroxylation is 3. The lowest BCUT2D eigenvalue weighted by molar-refractivity contribution is -0.142. The minimum atomic E-state index is -0.593. The Hall–Kier alpha value is -2.82. The van der Waals surface area contributed by atoms with Crippen LogP contribution in [0.3, 0.4) is 0 Å². The molecule has 0 aliphatic heterocycles. The Morgan fingerprint density at radius 1 is 1.07 bits per heavy atom. The zero-order valence-electron chi connectivity index (χ0n) is 16.7. The number of hydrogen-bond acceptors (Lipinski definition) is 3. The first-order chi connectivity index (χ1) is 12.8. The summed E-state index contributed by atoms with van der Waals surface area (Å²) in [5, 5.41) is 2.62. The molecule has 0 fully saturated rings. The first-order valence-corrected chi connectivity index (χ1v) is 9.09. The normalized spacial score (nSPS) is 11.6. The smallest absolute Gasteiger partial charge is 0.261 e. The molecule has 5 nitrogen and oxygen atoms in total. The molecule has 27 heavy (non-hydrogen) atoms. The van der Waals surface area contributed by atoms with Gasteiger partial charge in [0.25, 0.3) is 5.91 Å². The lowest BCUT2D eigenvalue weighted by Gasteiger charge is -2.29. The fraction of sp³-hybridized carbons (Fsp3) is 0.364. The van der Waals surface area contributed by atoms with Crippen molar-refractivity contribution in [3.05, 3.63) is 64.7 Å². The number of ether oxygens (including phenoxy) is 1. The minimum absolute atomic E-state index is 0.114. The summed E-state index contributed by atoms with van der Waals surface area (Å²) in [4.78, 5) is 26.6. The van der Waals surface area contributed by atoms with Crippen molar-refractivity contribution < 1.29 is 14.3 Å². The fourth-order valence-electron chi connectivity index (χ4n) is 2.95. The molecule has 0 aliphatic rings. The summed E-state index contributed by atoms with van der Waals surface area (Å²) < 4.78 is 5.74. The van der Waals surface area contributed by atoms with Crippen molar-refractivity contribution in [1.82, 2.24) is 10.2 Å². The van der Waals surface area contributed by atoms with Gasteiger partial charge in [-0.2, -0.15) is 0 Å². The molecule has 0 radical (unpaired) electrons. The quantitative estimate of drug-likeness (QED) is 0.817. The number of carbonyl (C=O) groups is 2. The zero-order valence-corrected chi connectivity index (χ0v) is 16.7. The van der Waals surface area contributed by atoms with Crippen molar-refractivity contribution in [1.29, 1.82) is 0 Å². The van der Waals surface area contributed by atoms with Gasteiger partial charge in [0, 0.05) is 13.6 Å². The first kappa shape index (κ1) is 20.5. The lowest BCUT2D eigenvalue weighted by Crippen LogP contribution is -2.48. The molecule has 0 spiro atoms. The number of hydrogen-bond donors (Lipinski definition) is 1. The maximum Gasteiger partial charge on any atom is 0.261 e. The summed E-state index contributed by atoms with van der Waals surface area (Å²) in [6.07, 6.45) is 0. The fourth-order valence-corrected chi connectivity index (χ4v) is 2.95. The highest BCUT2D eigenvalue weighted by Crippen LogP contribution is 2.19. The molecule has 2 aromatic carbocycles. The van der Waals surface area contributed by atoms with E-state index in [9.17, 15) is 9.59 Å². The van der Waals surface area contributed by atoms with E-state index in [1.807, 2.05) is 63.2 Å². The Morgan fingerprint density at radius 2 is 1.78 bits per heavy atom. The van der Waals surface area contributed by atoms with E-state index in [1.54, 1.807) is 18.9 Å². The van der Waals surface area contributed by atoms with Crippen LogP contribution in [0, 0.1) is 20.8 Å². The number of likely N-dealkylation sites (N-methyl/N-ethyl adjacent to an activating group) is 1. The Balaban J connectivity index is 2.17. The minimum Gasteiger partial charge on any atom is -0.483 e.